The Balaban J connectivity index is 1.69. The molecule has 8 heteroatoms. The minimum Gasteiger partial charge on any atom is -0.497 e. The molecule has 3 heterocycles. The molecule has 8 nitrogen and oxygen atoms in total. The van der Waals surface area contributed by atoms with Crippen molar-refractivity contribution in [2.75, 3.05) is 18.6 Å². The van der Waals surface area contributed by atoms with Crippen LogP contribution in [0.3, 0.4) is 0 Å². The average Bonchev–Trinajstić information content (AvgIpc) is 3.19. The Morgan fingerprint density at radius 3 is 2.55 bits per heavy atom. The number of anilines is 2. The molecule has 0 unspecified atom stereocenters. The number of benzene rings is 2. The largest absolute Gasteiger partial charge is 0.497 e. The second-order valence-corrected chi connectivity index (χ2v) is 8.83. The molecule has 0 fully saturated rings. The van der Waals surface area contributed by atoms with Crippen molar-refractivity contribution in [2.45, 2.75) is 26.9 Å². The first-order valence-electron chi connectivity index (χ1n) is 11.0. The van der Waals surface area contributed by atoms with Crippen LogP contribution in [0.1, 0.15) is 18.1 Å². The number of imidazole rings is 1. The number of methoxy groups -OCH3 is 1. The van der Waals surface area contributed by atoms with Crippen molar-refractivity contribution >= 4 is 22.8 Å². The number of fused-ring (bicyclic) bond motifs is 3. The lowest BCUT2D eigenvalue weighted by molar-refractivity contribution is 0.414. The number of ether oxygens (including phenoxy) is 1. The van der Waals surface area contributed by atoms with Gasteiger partial charge in [0.25, 0.3) is 5.56 Å². The molecule has 2 aromatic heterocycles. The van der Waals surface area contributed by atoms with E-state index in [4.69, 9.17) is 9.72 Å². The third kappa shape index (κ3) is 3.51. The Morgan fingerprint density at radius 2 is 1.85 bits per heavy atom. The van der Waals surface area contributed by atoms with Gasteiger partial charge >= 0.3 is 5.69 Å². The number of hydrogen-bond donors (Lipinski definition) is 0. The third-order valence-corrected chi connectivity index (χ3v) is 6.25. The van der Waals surface area contributed by atoms with Crippen LogP contribution in [-0.2, 0) is 20.1 Å². The zero-order valence-electron chi connectivity index (χ0n) is 19.3. The molecule has 4 aromatic rings. The SMILES string of the molecule is COc1ccc(N2C[C@H](C)Cn3c2nc2c3c(=O)n(Cc3cccc(C)c3)c(=O)n2C)cc1. The summed E-state index contributed by atoms with van der Waals surface area (Å²) >= 11 is 0. The van der Waals surface area contributed by atoms with Crippen LogP contribution >= 0.6 is 0 Å². The lowest BCUT2D eigenvalue weighted by Crippen LogP contribution is -2.40. The first-order valence-corrected chi connectivity index (χ1v) is 11.0. The van der Waals surface area contributed by atoms with Gasteiger partial charge in [-0.15, -0.1) is 0 Å². The summed E-state index contributed by atoms with van der Waals surface area (Å²) in [5.74, 6) is 1.74. The molecule has 0 spiro atoms. The van der Waals surface area contributed by atoms with Crippen LogP contribution in [0.2, 0.25) is 0 Å². The highest BCUT2D eigenvalue weighted by Crippen LogP contribution is 2.33. The topological polar surface area (TPSA) is 74.3 Å². The van der Waals surface area contributed by atoms with Gasteiger partial charge in [-0.1, -0.05) is 36.8 Å². The van der Waals surface area contributed by atoms with Crippen molar-refractivity contribution in [1.29, 1.82) is 0 Å². The minimum atomic E-state index is -0.367. The molecular weight excluding hydrogens is 418 g/mol. The van der Waals surface area contributed by atoms with Gasteiger partial charge < -0.3 is 14.2 Å². The first kappa shape index (κ1) is 21.1. The van der Waals surface area contributed by atoms with Crippen LogP contribution in [0, 0.1) is 12.8 Å². The van der Waals surface area contributed by atoms with E-state index < -0.39 is 0 Å². The van der Waals surface area contributed by atoms with Gasteiger partial charge in [0.05, 0.1) is 13.7 Å². The van der Waals surface area contributed by atoms with Crippen molar-refractivity contribution in [2.24, 2.45) is 13.0 Å². The van der Waals surface area contributed by atoms with Gasteiger partial charge in [-0.05, 0) is 42.7 Å². The zero-order valence-corrected chi connectivity index (χ0v) is 19.3. The normalized spacial score (nSPS) is 15.6. The molecule has 0 N–H and O–H groups in total. The van der Waals surface area contributed by atoms with E-state index in [0.29, 0.717) is 29.6 Å². The molecule has 0 aliphatic carbocycles. The maximum Gasteiger partial charge on any atom is 0.332 e. The summed E-state index contributed by atoms with van der Waals surface area (Å²) < 4.78 is 10.0. The van der Waals surface area contributed by atoms with Crippen LogP contribution < -0.4 is 20.9 Å². The van der Waals surface area contributed by atoms with E-state index in [1.54, 1.807) is 14.2 Å². The Bertz CT molecular complexity index is 1460. The van der Waals surface area contributed by atoms with E-state index in [-0.39, 0.29) is 17.8 Å². The van der Waals surface area contributed by atoms with E-state index in [0.717, 1.165) is 29.1 Å². The van der Waals surface area contributed by atoms with Crippen molar-refractivity contribution in [3.63, 3.8) is 0 Å². The van der Waals surface area contributed by atoms with Gasteiger partial charge in [0, 0.05) is 25.8 Å². The van der Waals surface area contributed by atoms with Crippen molar-refractivity contribution < 1.29 is 4.74 Å². The number of aryl methyl sites for hydroxylation is 2. The highest BCUT2D eigenvalue weighted by molar-refractivity contribution is 5.77. The minimum absolute atomic E-state index is 0.224. The quantitative estimate of drug-likeness (QED) is 0.483. The molecule has 0 amide bonds. The summed E-state index contributed by atoms with van der Waals surface area (Å²) in [6.07, 6.45) is 0. The van der Waals surface area contributed by atoms with Crippen LogP contribution in [0.4, 0.5) is 11.6 Å². The predicted octanol–water partition coefficient (Wildman–Crippen LogP) is 3.05. The molecule has 0 saturated heterocycles. The molecule has 170 valence electrons. The molecule has 33 heavy (non-hydrogen) atoms. The van der Waals surface area contributed by atoms with Crippen LogP contribution in [-0.4, -0.2) is 32.3 Å². The molecule has 1 aliphatic heterocycles. The number of aromatic nitrogens is 4. The monoisotopic (exact) mass is 445 g/mol. The average molecular weight is 446 g/mol. The molecule has 5 rings (SSSR count). The molecule has 1 atom stereocenters. The smallest absolute Gasteiger partial charge is 0.332 e. The molecule has 0 bridgehead atoms. The Kier molecular flexibility index (Phi) is 5.08. The molecule has 0 saturated carbocycles. The number of nitrogens with zero attached hydrogens (tertiary/aromatic N) is 5. The highest BCUT2D eigenvalue weighted by Gasteiger charge is 2.29. The second-order valence-electron chi connectivity index (χ2n) is 8.83. The number of rotatable bonds is 4. The summed E-state index contributed by atoms with van der Waals surface area (Å²) in [7, 11) is 3.32. The van der Waals surface area contributed by atoms with Crippen molar-refractivity contribution in [1.82, 2.24) is 18.7 Å². The van der Waals surface area contributed by atoms with E-state index in [9.17, 15) is 9.59 Å². The zero-order chi connectivity index (χ0) is 23.3. The van der Waals surface area contributed by atoms with E-state index >= 15 is 0 Å². The summed E-state index contributed by atoms with van der Waals surface area (Å²) in [5.41, 5.74) is 3.16. The lowest BCUT2D eigenvalue weighted by Gasteiger charge is -2.33. The summed E-state index contributed by atoms with van der Waals surface area (Å²) in [5, 5.41) is 0. The number of hydrogen-bond acceptors (Lipinski definition) is 5. The maximum absolute atomic E-state index is 13.6. The van der Waals surface area contributed by atoms with Gasteiger partial charge in [-0.3, -0.25) is 13.9 Å². The Hall–Kier alpha value is -3.81. The fourth-order valence-electron chi connectivity index (χ4n) is 4.62. The lowest BCUT2D eigenvalue weighted by atomic mass is 10.1. The summed E-state index contributed by atoms with van der Waals surface area (Å²) in [4.78, 5) is 33.6. The second kappa shape index (κ2) is 7.95. The predicted molar refractivity (Wildman–Crippen MR) is 129 cm³/mol. The van der Waals surface area contributed by atoms with Crippen molar-refractivity contribution in [3.05, 3.63) is 80.5 Å². The van der Waals surface area contributed by atoms with E-state index in [1.807, 2.05) is 60.0 Å². The van der Waals surface area contributed by atoms with Crippen LogP contribution in [0.25, 0.3) is 11.2 Å². The van der Waals surface area contributed by atoms with Gasteiger partial charge in [-0.25, -0.2) is 4.79 Å². The molecule has 0 radical (unpaired) electrons. The van der Waals surface area contributed by atoms with Gasteiger partial charge in [0.2, 0.25) is 5.95 Å². The summed E-state index contributed by atoms with van der Waals surface area (Å²) in [6.45, 7) is 5.80. The maximum atomic E-state index is 13.6. The van der Waals surface area contributed by atoms with E-state index in [1.165, 1.54) is 9.13 Å². The molecular formula is C25H27N5O3. The Labute approximate surface area is 191 Å². The molecule has 2 aromatic carbocycles. The highest BCUT2D eigenvalue weighted by atomic mass is 16.5. The Morgan fingerprint density at radius 1 is 1.09 bits per heavy atom. The van der Waals surface area contributed by atoms with E-state index in [2.05, 4.69) is 11.8 Å². The first-order chi connectivity index (χ1) is 15.9. The molecule has 1 aliphatic rings. The van der Waals surface area contributed by atoms with Crippen molar-refractivity contribution in [3.8, 4) is 5.75 Å². The summed E-state index contributed by atoms with van der Waals surface area (Å²) in [6, 6.07) is 15.6. The fourth-order valence-corrected chi connectivity index (χ4v) is 4.62. The van der Waals surface area contributed by atoms with Crippen LogP contribution in [0.5, 0.6) is 5.75 Å². The standard InChI is InChI=1S/C25H27N5O3/c1-16-6-5-7-18(12-16)15-30-23(31)21-22(27(3)25(30)32)26-24-28(13-17(2)14-29(21)24)19-8-10-20(33-4)11-9-19/h5-12,17H,13-15H2,1-4H3/t17-/m0/s1. The van der Waals surface area contributed by atoms with Gasteiger partial charge in [0.1, 0.15) is 5.75 Å². The fraction of sp³-hybridized carbons (Fsp3) is 0.320. The van der Waals surface area contributed by atoms with Crippen LogP contribution in [0.15, 0.2) is 58.1 Å². The van der Waals surface area contributed by atoms with Gasteiger partial charge in [-0.2, -0.15) is 4.98 Å². The van der Waals surface area contributed by atoms with Gasteiger partial charge in [0.15, 0.2) is 11.2 Å². The third-order valence-electron chi connectivity index (χ3n) is 6.25.